The first-order valence-corrected chi connectivity index (χ1v) is 10.6. The highest BCUT2D eigenvalue weighted by atomic mass is 32.2. The zero-order chi connectivity index (χ0) is 22.2. The van der Waals surface area contributed by atoms with Crippen molar-refractivity contribution in [2.75, 3.05) is 33.6 Å². The van der Waals surface area contributed by atoms with Crippen LogP contribution < -0.4 is 19.5 Å². The molecular formula is C22H25N3O5S. The second-order valence-corrected chi connectivity index (χ2v) is 7.62. The molecular weight excluding hydrogens is 418 g/mol. The lowest BCUT2D eigenvalue weighted by molar-refractivity contribution is -0.118. The average molecular weight is 444 g/mol. The number of thioether (sulfide) groups is 1. The van der Waals surface area contributed by atoms with Crippen molar-refractivity contribution in [1.82, 2.24) is 15.5 Å². The Morgan fingerprint density at radius 1 is 1.06 bits per heavy atom. The van der Waals surface area contributed by atoms with Crippen LogP contribution in [0, 0.1) is 0 Å². The number of aromatic nitrogens is 2. The van der Waals surface area contributed by atoms with Crippen LogP contribution in [0.1, 0.15) is 18.4 Å². The first-order valence-electron chi connectivity index (χ1n) is 9.64. The Hall–Kier alpha value is -3.20. The second kappa shape index (κ2) is 10.7. The van der Waals surface area contributed by atoms with Gasteiger partial charge in [0.1, 0.15) is 0 Å². The maximum atomic E-state index is 12.2. The number of rotatable bonds is 10. The summed E-state index contributed by atoms with van der Waals surface area (Å²) in [5, 5.41) is 11.3. The Labute approximate surface area is 185 Å². The van der Waals surface area contributed by atoms with Crippen LogP contribution in [0.15, 0.2) is 52.1 Å². The summed E-state index contributed by atoms with van der Waals surface area (Å²) in [7, 11) is 4.61. The van der Waals surface area contributed by atoms with E-state index in [-0.39, 0.29) is 17.6 Å². The van der Waals surface area contributed by atoms with Crippen molar-refractivity contribution in [3.8, 4) is 28.7 Å². The van der Waals surface area contributed by atoms with E-state index in [9.17, 15) is 4.79 Å². The summed E-state index contributed by atoms with van der Waals surface area (Å²) in [6, 6.07) is 13.5. The topological polar surface area (TPSA) is 95.7 Å². The van der Waals surface area contributed by atoms with Gasteiger partial charge in [0.05, 0.1) is 27.1 Å². The first kappa shape index (κ1) is 22.5. The molecule has 0 saturated heterocycles. The number of carbonyl (C=O) groups is 1. The van der Waals surface area contributed by atoms with E-state index in [2.05, 4.69) is 34.6 Å². The highest BCUT2D eigenvalue weighted by Gasteiger charge is 2.18. The van der Waals surface area contributed by atoms with Gasteiger partial charge in [-0.25, -0.2) is 0 Å². The Kier molecular flexibility index (Phi) is 7.77. The summed E-state index contributed by atoms with van der Waals surface area (Å²) in [5.41, 5.74) is 1.80. The third-order valence-corrected chi connectivity index (χ3v) is 5.44. The molecule has 3 rings (SSSR count). The van der Waals surface area contributed by atoms with Crippen molar-refractivity contribution in [2.45, 2.75) is 18.1 Å². The van der Waals surface area contributed by atoms with Gasteiger partial charge < -0.3 is 23.9 Å². The fraction of sp³-hybridized carbons (Fsp3) is 0.318. The lowest BCUT2D eigenvalue weighted by atomic mass is 10.0. The Morgan fingerprint density at radius 2 is 1.74 bits per heavy atom. The SMILES string of the molecule is COc1cc(-c2nnc(SCC(=O)NCC(C)c3ccccc3)o2)cc(OC)c1OC. The van der Waals surface area contributed by atoms with Gasteiger partial charge in [-0.1, -0.05) is 49.0 Å². The molecule has 1 aromatic heterocycles. The minimum Gasteiger partial charge on any atom is -0.493 e. The number of hydrogen-bond acceptors (Lipinski definition) is 8. The number of benzene rings is 2. The maximum absolute atomic E-state index is 12.2. The van der Waals surface area contributed by atoms with Gasteiger partial charge in [-0.15, -0.1) is 10.2 Å². The predicted octanol–water partition coefficient (Wildman–Crippen LogP) is 3.77. The van der Waals surface area contributed by atoms with Gasteiger partial charge in [0, 0.05) is 12.1 Å². The van der Waals surface area contributed by atoms with Crippen molar-refractivity contribution in [2.24, 2.45) is 0 Å². The van der Waals surface area contributed by atoms with Gasteiger partial charge in [0.15, 0.2) is 11.5 Å². The number of hydrogen-bond donors (Lipinski definition) is 1. The number of amides is 1. The van der Waals surface area contributed by atoms with Crippen molar-refractivity contribution < 1.29 is 23.4 Å². The van der Waals surface area contributed by atoms with Crippen LogP contribution in [0.25, 0.3) is 11.5 Å². The molecule has 9 heteroatoms. The molecule has 2 aromatic carbocycles. The fourth-order valence-electron chi connectivity index (χ4n) is 2.93. The normalized spacial score (nSPS) is 11.6. The Bertz CT molecular complexity index is 984. The number of ether oxygens (including phenoxy) is 3. The molecule has 0 radical (unpaired) electrons. The second-order valence-electron chi connectivity index (χ2n) is 6.69. The van der Waals surface area contributed by atoms with Crippen LogP contribution in [-0.4, -0.2) is 49.7 Å². The van der Waals surface area contributed by atoms with Crippen molar-refractivity contribution in [3.05, 3.63) is 48.0 Å². The third kappa shape index (κ3) is 5.69. The smallest absolute Gasteiger partial charge is 0.277 e. The molecule has 1 unspecified atom stereocenters. The summed E-state index contributed by atoms with van der Waals surface area (Å²) in [5.74, 6) is 2.04. The quantitative estimate of drug-likeness (QED) is 0.473. The zero-order valence-electron chi connectivity index (χ0n) is 17.9. The fourth-order valence-corrected chi connectivity index (χ4v) is 3.53. The van der Waals surface area contributed by atoms with E-state index in [4.69, 9.17) is 18.6 Å². The molecule has 1 heterocycles. The summed E-state index contributed by atoms with van der Waals surface area (Å²) in [6.45, 7) is 2.63. The summed E-state index contributed by atoms with van der Waals surface area (Å²) in [6.07, 6.45) is 0. The molecule has 164 valence electrons. The molecule has 0 fully saturated rings. The largest absolute Gasteiger partial charge is 0.493 e. The number of nitrogens with one attached hydrogen (secondary N) is 1. The van der Waals surface area contributed by atoms with E-state index < -0.39 is 0 Å². The minimum absolute atomic E-state index is 0.0969. The van der Waals surface area contributed by atoms with E-state index in [0.717, 1.165) is 0 Å². The molecule has 0 bridgehead atoms. The van der Waals surface area contributed by atoms with Gasteiger partial charge >= 0.3 is 0 Å². The molecule has 0 aliphatic rings. The maximum Gasteiger partial charge on any atom is 0.277 e. The highest BCUT2D eigenvalue weighted by molar-refractivity contribution is 7.99. The molecule has 1 atom stereocenters. The van der Waals surface area contributed by atoms with Crippen molar-refractivity contribution in [1.29, 1.82) is 0 Å². The van der Waals surface area contributed by atoms with Crippen LogP contribution in [-0.2, 0) is 4.79 Å². The Morgan fingerprint density at radius 3 is 2.35 bits per heavy atom. The first-order chi connectivity index (χ1) is 15.0. The molecule has 0 spiro atoms. The van der Waals surface area contributed by atoms with Gasteiger partial charge in [-0.05, 0) is 23.6 Å². The van der Waals surface area contributed by atoms with Crippen molar-refractivity contribution in [3.63, 3.8) is 0 Å². The lowest BCUT2D eigenvalue weighted by Gasteiger charge is -2.12. The number of methoxy groups -OCH3 is 3. The monoisotopic (exact) mass is 443 g/mol. The van der Waals surface area contributed by atoms with E-state index in [1.165, 1.54) is 38.7 Å². The van der Waals surface area contributed by atoms with Crippen LogP contribution >= 0.6 is 11.8 Å². The van der Waals surface area contributed by atoms with Crippen LogP contribution in [0.3, 0.4) is 0 Å². The average Bonchev–Trinajstić information content (AvgIpc) is 3.29. The molecule has 0 aliphatic heterocycles. The third-order valence-electron chi connectivity index (χ3n) is 4.62. The Balaban J connectivity index is 1.58. The zero-order valence-corrected chi connectivity index (χ0v) is 18.7. The molecule has 0 aliphatic carbocycles. The minimum atomic E-state index is -0.0969. The van der Waals surface area contributed by atoms with Crippen molar-refractivity contribution >= 4 is 17.7 Å². The van der Waals surface area contributed by atoms with Gasteiger partial charge in [0.2, 0.25) is 17.5 Å². The lowest BCUT2D eigenvalue weighted by Crippen LogP contribution is -2.28. The molecule has 0 saturated carbocycles. The molecule has 8 nitrogen and oxygen atoms in total. The van der Waals surface area contributed by atoms with Crippen LogP contribution in [0.5, 0.6) is 17.2 Å². The molecule has 1 amide bonds. The summed E-state index contributed by atoms with van der Waals surface area (Å²) < 4.78 is 21.7. The van der Waals surface area contributed by atoms with Gasteiger partial charge in [-0.3, -0.25) is 4.79 Å². The van der Waals surface area contributed by atoms with Gasteiger partial charge in [0.25, 0.3) is 5.22 Å². The number of nitrogens with zero attached hydrogens (tertiary/aromatic N) is 2. The molecule has 3 aromatic rings. The molecule has 31 heavy (non-hydrogen) atoms. The molecule has 1 N–H and O–H groups in total. The van der Waals surface area contributed by atoms with E-state index in [0.29, 0.717) is 40.5 Å². The summed E-state index contributed by atoms with van der Waals surface area (Å²) >= 11 is 1.18. The predicted molar refractivity (Wildman–Crippen MR) is 118 cm³/mol. The summed E-state index contributed by atoms with van der Waals surface area (Å²) in [4.78, 5) is 12.2. The van der Waals surface area contributed by atoms with E-state index in [1.807, 2.05) is 18.2 Å². The van der Waals surface area contributed by atoms with E-state index in [1.54, 1.807) is 12.1 Å². The van der Waals surface area contributed by atoms with Crippen LogP contribution in [0.4, 0.5) is 0 Å². The highest BCUT2D eigenvalue weighted by Crippen LogP contribution is 2.41. The van der Waals surface area contributed by atoms with Crippen LogP contribution in [0.2, 0.25) is 0 Å². The van der Waals surface area contributed by atoms with Gasteiger partial charge in [-0.2, -0.15) is 0 Å². The standard InChI is InChI=1S/C22H25N3O5S/c1-14(15-8-6-5-7-9-15)12-23-19(26)13-31-22-25-24-21(30-22)16-10-17(27-2)20(29-4)18(11-16)28-3/h5-11,14H,12-13H2,1-4H3,(H,23,26). The van der Waals surface area contributed by atoms with E-state index >= 15 is 0 Å². The number of carbonyl (C=O) groups excluding carboxylic acids is 1.